The van der Waals surface area contributed by atoms with Gasteiger partial charge < -0.3 is 14.3 Å². The molecule has 0 aliphatic heterocycles. The molecule has 0 aliphatic carbocycles. The van der Waals surface area contributed by atoms with Crippen LogP contribution < -0.4 is 4.74 Å². The van der Waals surface area contributed by atoms with E-state index in [1.54, 1.807) is 48.5 Å². The number of rotatable bonds is 5. The highest BCUT2D eigenvalue weighted by Gasteiger charge is 2.24. The SMILES string of the molecule is O=C(O)C(Oc1ccc(Cl)cc1-c1nc2ccccc2o1)c1ccc(Br)cc1. The van der Waals surface area contributed by atoms with Crippen LogP contribution in [0.1, 0.15) is 11.7 Å². The van der Waals surface area contributed by atoms with Gasteiger partial charge in [-0.05, 0) is 42.5 Å². The number of hydrogen-bond acceptors (Lipinski definition) is 4. The second-order valence-electron chi connectivity index (χ2n) is 6.01. The number of fused-ring (bicyclic) bond motifs is 1. The first kappa shape index (κ1) is 18.5. The number of nitrogens with zero attached hydrogens (tertiary/aromatic N) is 1. The Kier molecular flexibility index (Phi) is 5.07. The molecule has 5 nitrogen and oxygen atoms in total. The van der Waals surface area contributed by atoms with Crippen molar-refractivity contribution in [2.24, 2.45) is 0 Å². The van der Waals surface area contributed by atoms with Gasteiger partial charge in [0.05, 0.1) is 5.56 Å². The van der Waals surface area contributed by atoms with E-state index in [-0.39, 0.29) is 0 Å². The van der Waals surface area contributed by atoms with Crippen molar-refractivity contribution in [1.82, 2.24) is 4.98 Å². The molecular formula is C21H13BrClNO4. The number of carbonyl (C=O) groups is 1. The molecule has 0 bridgehead atoms. The number of carboxylic acid groups (broad SMARTS) is 1. The topological polar surface area (TPSA) is 72.6 Å². The summed E-state index contributed by atoms with van der Waals surface area (Å²) in [5.41, 5.74) is 2.29. The van der Waals surface area contributed by atoms with E-state index in [1.807, 2.05) is 18.2 Å². The normalized spacial score (nSPS) is 12.1. The van der Waals surface area contributed by atoms with Crippen LogP contribution in [-0.4, -0.2) is 16.1 Å². The molecule has 1 heterocycles. The third-order valence-electron chi connectivity index (χ3n) is 4.11. The molecule has 0 aliphatic rings. The van der Waals surface area contributed by atoms with Gasteiger partial charge >= 0.3 is 5.97 Å². The summed E-state index contributed by atoms with van der Waals surface area (Å²) >= 11 is 9.49. The Balaban J connectivity index is 1.77. The quantitative estimate of drug-likeness (QED) is 0.390. The van der Waals surface area contributed by atoms with E-state index in [2.05, 4.69) is 20.9 Å². The molecule has 1 N–H and O–H groups in total. The van der Waals surface area contributed by atoms with Crippen LogP contribution in [0.5, 0.6) is 5.75 Å². The molecule has 0 amide bonds. The first-order valence-corrected chi connectivity index (χ1v) is 9.49. The second kappa shape index (κ2) is 7.66. The van der Waals surface area contributed by atoms with Gasteiger partial charge in [-0.3, -0.25) is 0 Å². The maximum Gasteiger partial charge on any atom is 0.349 e. The van der Waals surface area contributed by atoms with Crippen molar-refractivity contribution in [2.75, 3.05) is 0 Å². The summed E-state index contributed by atoms with van der Waals surface area (Å²) in [5, 5.41) is 10.1. The molecular weight excluding hydrogens is 446 g/mol. The highest BCUT2D eigenvalue weighted by atomic mass is 79.9. The van der Waals surface area contributed by atoms with Crippen LogP contribution in [0.4, 0.5) is 0 Å². The van der Waals surface area contributed by atoms with E-state index in [1.165, 1.54) is 0 Å². The minimum Gasteiger partial charge on any atom is -0.478 e. The number of halogens is 2. The third-order valence-corrected chi connectivity index (χ3v) is 4.87. The number of para-hydroxylation sites is 2. The molecule has 140 valence electrons. The average Bonchev–Trinajstić information content (AvgIpc) is 3.11. The molecule has 0 fully saturated rings. The van der Waals surface area contributed by atoms with Gasteiger partial charge in [0.2, 0.25) is 12.0 Å². The van der Waals surface area contributed by atoms with Crippen molar-refractivity contribution in [3.8, 4) is 17.2 Å². The van der Waals surface area contributed by atoms with Crippen molar-refractivity contribution in [3.05, 3.63) is 81.8 Å². The van der Waals surface area contributed by atoms with Crippen LogP contribution in [0.2, 0.25) is 5.02 Å². The fourth-order valence-corrected chi connectivity index (χ4v) is 3.22. The third kappa shape index (κ3) is 3.74. The van der Waals surface area contributed by atoms with E-state index >= 15 is 0 Å². The van der Waals surface area contributed by atoms with Gasteiger partial charge in [-0.25, -0.2) is 9.78 Å². The standard InChI is InChI=1S/C21H13BrClNO4/c22-13-7-5-12(6-8-13)19(21(25)26)27-17-10-9-14(23)11-15(17)20-24-16-3-1-2-4-18(16)28-20/h1-11,19H,(H,25,26). The Morgan fingerprint density at radius 2 is 1.86 bits per heavy atom. The molecule has 28 heavy (non-hydrogen) atoms. The van der Waals surface area contributed by atoms with E-state index in [0.717, 1.165) is 4.47 Å². The number of carboxylic acids is 1. The summed E-state index contributed by atoms with van der Waals surface area (Å²) in [7, 11) is 0. The van der Waals surface area contributed by atoms with E-state index < -0.39 is 12.1 Å². The maximum absolute atomic E-state index is 11.8. The first-order valence-electron chi connectivity index (χ1n) is 8.32. The highest BCUT2D eigenvalue weighted by Crippen LogP contribution is 2.36. The van der Waals surface area contributed by atoms with Gasteiger partial charge in [0.15, 0.2) is 5.58 Å². The lowest BCUT2D eigenvalue weighted by molar-refractivity contribution is -0.145. The molecule has 0 saturated carbocycles. The molecule has 1 aromatic heterocycles. The largest absolute Gasteiger partial charge is 0.478 e. The van der Waals surface area contributed by atoms with Crippen LogP contribution in [0, 0.1) is 0 Å². The Hall–Kier alpha value is -2.83. The second-order valence-corrected chi connectivity index (χ2v) is 7.37. The van der Waals surface area contributed by atoms with Gasteiger partial charge in [0.25, 0.3) is 0 Å². The Morgan fingerprint density at radius 1 is 1.11 bits per heavy atom. The van der Waals surface area contributed by atoms with Crippen molar-refractivity contribution in [3.63, 3.8) is 0 Å². The van der Waals surface area contributed by atoms with Crippen molar-refractivity contribution >= 4 is 44.6 Å². The Bertz CT molecular complexity index is 1120. The van der Waals surface area contributed by atoms with Crippen LogP contribution in [0.15, 0.2) is 75.6 Å². The molecule has 3 aromatic carbocycles. The lowest BCUT2D eigenvalue weighted by Gasteiger charge is -2.17. The van der Waals surface area contributed by atoms with Crippen LogP contribution in [-0.2, 0) is 4.79 Å². The number of ether oxygens (including phenoxy) is 1. The predicted octanol–water partition coefficient (Wildman–Crippen LogP) is 6.12. The van der Waals surface area contributed by atoms with Crippen LogP contribution in [0.3, 0.4) is 0 Å². The number of benzene rings is 3. The molecule has 0 spiro atoms. The van der Waals surface area contributed by atoms with Gasteiger partial charge in [-0.15, -0.1) is 0 Å². The molecule has 4 aromatic rings. The molecule has 0 saturated heterocycles. The van der Waals surface area contributed by atoms with E-state index in [0.29, 0.717) is 38.9 Å². The summed E-state index contributed by atoms with van der Waals surface area (Å²) in [6.45, 7) is 0. The minimum atomic E-state index is -1.20. The average molecular weight is 459 g/mol. The van der Waals surface area contributed by atoms with Crippen molar-refractivity contribution < 1.29 is 19.1 Å². The van der Waals surface area contributed by atoms with Gasteiger partial charge in [-0.1, -0.05) is 51.8 Å². The zero-order chi connectivity index (χ0) is 19.7. The highest BCUT2D eigenvalue weighted by molar-refractivity contribution is 9.10. The Morgan fingerprint density at radius 3 is 2.57 bits per heavy atom. The lowest BCUT2D eigenvalue weighted by Crippen LogP contribution is -2.18. The zero-order valence-electron chi connectivity index (χ0n) is 14.3. The fraction of sp³-hybridized carbons (Fsp3) is 0.0476. The van der Waals surface area contributed by atoms with Gasteiger partial charge in [0.1, 0.15) is 11.3 Å². The van der Waals surface area contributed by atoms with Crippen molar-refractivity contribution in [2.45, 2.75) is 6.10 Å². The molecule has 1 unspecified atom stereocenters. The zero-order valence-corrected chi connectivity index (χ0v) is 16.6. The maximum atomic E-state index is 11.8. The number of aliphatic carboxylic acids is 1. The smallest absolute Gasteiger partial charge is 0.349 e. The first-order chi connectivity index (χ1) is 13.5. The Labute approximate surface area is 173 Å². The van der Waals surface area contributed by atoms with Crippen molar-refractivity contribution in [1.29, 1.82) is 0 Å². The minimum absolute atomic E-state index is 0.304. The predicted molar refractivity (Wildman–Crippen MR) is 110 cm³/mol. The van der Waals surface area contributed by atoms with Gasteiger partial charge in [-0.2, -0.15) is 0 Å². The van der Waals surface area contributed by atoms with Gasteiger partial charge in [0, 0.05) is 15.1 Å². The summed E-state index contributed by atoms with van der Waals surface area (Å²) in [6, 6.07) is 19.1. The summed E-state index contributed by atoms with van der Waals surface area (Å²) in [5.74, 6) is -0.495. The monoisotopic (exact) mass is 457 g/mol. The van der Waals surface area contributed by atoms with Crippen LogP contribution >= 0.6 is 27.5 Å². The molecule has 7 heteroatoms. The van der Waals surface area contributed by atoms with E-state index in [4.69, 9.17) is 20.8 Å². The lowest BCUT2D eigenvalue weighted by atomic mass is 10.1. The summed E-state index contributed by atoms with van der Waals surface area (Å²) < 4.78 is 12.5. The summed E-state index contributed by atoms with van der Waals surface area (Å²) in [6.07, 6.45) is -1.20. The fourth-order valence-electron chi connectivity index (χ4n) is 2.79. The molecule has 0 radical (unpaired) electrons. The number of aromatic nitrogens is 1. The van der Waals surface area contributed by atoms with Crippen LogP contribution in [0.25, 0.3) is 22.6 Å². The van der Waals surface area contributed by atoms with E-state index in [9.17, 15) is 9.90 Å². The molecule has 1 atom stereocenters. The summed E-state index contributed by atoms with van der Waals surface area (Å²) in [4.78, 5) is 16.3. The number of oxazole rings is 1. The molecule has 4 rings (SSSR count). The number of hydrogen-bond donors (Lipinski definition) is 1.